The SMILES string of the molecule is Nc1cc(F)c(S(=O)(=O)Cc2cccc(Cl)c2)c(F)c1. The Labute approximate surface area is 119 Å². The summed E-state index contributed by atoms with van der Waals surface area (Å²) in [7, 11) is -4.17. The number of hydrogen-bond acceptors (Lipinski definition) is 3. The van der Waals surface area contributed by atoms with Gasteiger partial charge in [0.15, 0.2) is 9.84 Å². The second-order valence-electron chi connectivity index (χ2n) is 4.20. The molecular formula is C13H10ClF2NO2S. The largest absolute Gasteiger partial charge is 0.399 e. The normalized spacial score (nSPS) is 11.6. The van der Waals surface area contributed by atoms with Gasteiger partial charge in [-0.3, -0.25) is 0 Å². The van der Waals surface area contributed by atoms with Gasteiger partial charge in [-0.2, -0.15) is 0 Å². The molecule has 0 bridgehead atoms. The molecule has 20 heavy (non-hydrogen) atoms. The summed E-state index contributed by atoms with van der Waals surface area (Å²) in [6.45, 7) is 0. The van der Waals surface area contributed by atoms with E-state index in [9.17, 15) is 17.2 Å². The van der Waals surface area contributed by atoms with Gasteiger partial charge in [0.2, 0.25) is 0 Å². The Kier molecular flexibility index (Phi) is 3.96. The molecule has 0 unspecified atom stereocenters. The lowest BCUT2D eigenvalue weighted by molar-refractivity contribution is 0.520. The predicted molar refractivity (Wildman–Crippen MR) is 73.1 cm³/mol. The summed E-state index contributed by atoms with van der Waals surface area (Å²) in [6.07, 6.45) is 0. The third-order valence-electron chi connectivity index (χ3n) is 2.58. The van der Waals surface area contributed by atoms with Gasteiger partial charge < -0.3 is 5.73 Å². The fourth-order valence-corrected chi connectivity index (χ4v) is 3.48. The van der Waals surface area contributed by atoms with E-state index in [2.05, 4.69) is 0 Å². The summed E-state index contributed by atoms with van der Waals surface area (Å²) in [5.74, 6) is -2.96. The summed E-state index contributed by atoms with van der Waals surface area (Å²) in [5.41, 5.74) is 5.41. The number of nitrogen functional groups attached to an aromatic ring is 1. The first-order valence-electron chi connectivity index (χ1n) is 5.51. The van der Waals surface area contributed by atoms with Crippen molar-refractivity contribution in [2.45, 2.75) is 10.6 Å². The first-order valence-corrected chi connectivity index (χ1v) is 7.54. The maximum absolute atomic E-state index is 13.7. The van der Waals surface area contributed by atoms with E-state index in [4.69, 9.17) is 17.3 Å². The number of hydrogen-bond donors (Lipinski definition) is 1. The molecule has 0 heterocycles. The van der Waals surface area contributed by atoms with Crippen LogP contribution in [0.5, 0.6) is 0 Å². The van der Waals surface area contributed by atoms with Crippen LogP contribution >= 0.6 is 11.6 Å². The number of anilines is 1. The van der Waals surface area contributed by atoms with E-state index in [1.807, 2.05) is 0 Å². The number of benzene rings is 2. The van der Waals surface area contributed by atoms with Crippen molar-refractivity contribution in [2.24, 2.45) is 0 Å². The van der Waals surface area contributed by atoms with Gasteiger partial charge in [-0.05, 0) is 29.8 Å². The number of halogens is 3. The molecule has 106 valence electrons. The van der Waals surface area contributed by atoms with Crippen LogP contribution in [-0.4, -0.2) is 8.42 Å². The Morgan fingerprint density at radius 2 is 1.70 bits per heavy atom. The quantitative estimate of drug-likeness (QED) is 0.884. The van der Waals surface area contributed by atoms with Gasteiger partial charge >= 0.3 is 0 Å². The highest BCUT2D eigenvalue weighted by Gasteiger charge is 2.25. The van der Waals surface area contributed by atoms with Crippen LogP contribution in [0.1, 0.15) is 5.56 Å². The average molecular weight is 318 g/mol. The maximum atomic E-state index is 13.7. The Bertz CT molecular complexity index is 740. The molecule has 0 aliphatic heterocycles. The molecule has 0 aliphatic carbocycles. The molecular weight excluding hydrogens is 308 g/mol. The zero-order chi connectivity index (χ0) is 14.9. The topological polar surface area (TPSA) is 60.2 Å². The Balaban J connectivity index is 2.46. The Morgan fingerprint density at radius 1 is 1.10 bits per heavy atom. The summed E-state index contributed by atoms with van der Waals surface area (Å²) in [4.78, 5) is -0.980. The van der Waals surface area contributed by atoms with Crippen molar-refractivity contribution >= 4 is 27.1 Å². The van der Waals surface area contributed by atoms with Crippen LogP contribution in [0.15, 0.2) is 41.3 Å². The van der Waals surface area contributed by atoms with Gasteiger partial charge in [-0.1, -0.05) is 23.7 Å². The molecule has 2 N–H and O–H groups in total. The lowest BCUT2D eigenvalue weighted by Crippen LogP contribution is -2.10. The summed E-state index contributed by atoms with van der Waals surface area (Å²) in [6, 6.07) is 7.61. The van der Waals surface area contributed by atoms with E-state index in [1.165, 1.54) is 12.1 Å². The molecule has 2 aromatic rings. The van der Waals surface area contributed by atoms with Crippen molar-refractivity contribution in [3.8, 4) is 0 Å². The van der Waals surface area contributed by atoms with Gasteiger partial charge in [0.1, 0.15) is 16.5 Å². The number of rotatable bonds is 3. The third-order valence-corrected chi connectivity index (χ3v) is 4.54. The zero-order valence-corrected chi connectivity index (χ0v) is 11.7. The lowest BCUT2D eigenvalue weighted by Gasteiger charge is -2.08. The predicted octanol–water partition coefficient (Wildman–Crippen LogP) is 3.17. The lowest BCUT2D eigenvalue weighted by atomic mass is 10.2. The number of sulfone groups is 1. The highest BCUT2D eigenvalue weighted by Crippen LogP contribution is 2.25. The van der Waals surface area contributed by atoms with E-state index in [0.717, 1.165) is 12.1 Å². The smallest absolute Gasteiger partial charge is 0.188 e. The van der Waals surface area contributed by atoms with Crippen molar-refractivity contribution in [1.82, 2.24) is 0 Å². The average Bonchev–Trinajstić information content (AvgIpc) is 2.25. The fraction of sp³-hybridized carbons (Fsp3) is 0.0769. The fourth-order valence-electron chi connectivity index (χ4n) is 1.79. The third kappa shape index (κ3) is 3.08. The molecule has 0 saturated heterocycles. The Hall–Kier alpha value is -1.66. The van der Waals surface area contributed by atoms with E-state index in [1.54, 1.807) is 12.1 Å². The van der Waals surface area contributed by atoms with Crippen LogP contribution in [0.25, 0.3) is 0 Å². The minimum absolute atomic E-state index is 0.179. The first-order chi connectivity index (χ1) is 9.29. The maximum Gasteiger partial charge on any atom is 0.188 e. The zero-order valence-electron chi connectivity index (χ0n) is 10.1. The summed E-state index contributed by atoms with van der Waals surface area (Å²) in [5, 5.41) is 0.343. The van der Waals surface area contributed by atoms with Crippen LogP contribution in [0.4, 0.5) is 14.5 Å². The van der Waals surface area contributed by atoms with Crippen LogP contribution in [0.2, 0.25) is 5.02 Å². The van der Waals surface area contributed by atoms with Crippen molar-refractivity contribution < 1.29 is 17.2 Å². The molecule has 0 radical (unpaired) electrons. The standard InChI is InChI=1S/C13H10ClF2NO2S/c14-9-3-1-2-8(4-9)7-20(18,19)13-11(15)5-10(17)6-12(13)16/h1-6H,7,17H2. The number of nitrogens with two attached hydrogens (primary N) is 1. The van der Waals surface area contributed by atoms with Crippen LogP contribution in [-0.2, 0) is 15.6 Å². The summed E-state index contributed by atoms with van der Waals surface area (Å²) < 4.78 is 51.5. The molecule has 2 aromatic carbocycles. The highest BCUT2D eigenvalue weighted by molar-refractivity contribution is 7.90. The van der Waals surface area contributed by atoms with E-state index in [0.29, 0.717) is 10.6 Å². The molecule has 0 aliphatic rings. The molecule has 0 amide bonds. The first kappa shape index (κ1) is 14.7. The molecule has 0 aromatic heterocycles. The minimum Gasteiger partial charge on any atom is -0.399 e. The molecule has 2 rings (SSSR count). The molecule has 0 atom stereocenters. The molecule has 0 saturated carbocycles. The van der Waals surface area contributed by atoms with Crippen molar-refractivity contribution in [1.29, 1.82) is 0 Å². The summed E-state index contributed by atoms with van der Waals surface area (Å²) >= 11 is 5.74. The van der Waals surface area contributed by atoms with E-state index >= 15 is 0 Å². The van der Waals surface area contributed by atoms with Crippen LogP contribution in [0.3, 0.4) is 0 Å². The second kappa shape index (κ2) is 5.38. The molecule has 0 fully saturated rings. The van der Waals surface area contributed by atoms with E-state index < -0.39 is 32.1 Å². The van der Waals surface area contributed by atoms with Gasteiger partial charge in [0.05, 0.1) is 5.75 Å². The Morgan fingerprint density at radius 3 is 2.25 bits per heavy atom. The van der Waals surface area contributed by atoms with Gasteiger partial charge in [-0.15, -0.1) is 0 Å². The molecule has 0 spiro atoms. The minimum atomic E-state index is -4.17. The van der Waals surface area contributed by atoms with Crippen LogP contribution in [0, 0.1) is 11.6 Å². The van der Waals surface area contributed by atoms with E-state index in [-0.39, 0.29) is 5.69 Å². The van der Waals surface area contributed by atoms with Crippen molar-refractivity contribution in [2.75, 3.05) is 5.73 Å². The molecule has 3 nitrogen and oxygen atoms in total. The monoisotopic (exact) mass is 317 g/mol. The van der Waals surface area contributed by atoms with Gasteiger partial charge in [0, 0.05) is 10.7 Å². The van der Waals surface area contributed by atoms with Crippen LogP contribution < -0.4 is 5.73 Å². The highest BCUT2D eigenvalue weighted by atomic mass is 35.5. The van der Waals surface area contributed by atoms with Crippen molar-refractivity contribution in [3.05, 3.63) is 58.6 Å². The second-order valence-corrected chi connectivity index (χ2v) is 6.57. The molecule has 7 heteroatoms. The van der Waals surface area contributed by atoms with Gasteiger partial charge in [-0.25, -0.2) is 17.2 Å². The van der Waals surface area contributed by atoms with Gasteiger partial charge in [0.25, 0.3) is 0 Å². The van der Waals surface area contributed by atoms with Crippen molar-refractivity contribution in [3.63, 3.8) is 0 Å².